The molecule has 39 heavy (non-hydrogen) atoms. The van der Waals surface area contributed by atoms with Crippen molar-refractivity contribution >= 4 is 47.3 Å². The number of carboxylic acid groups (broad SMARTS) is 1. The topological polar surface area (TPSA) is 170 Å². The first-order valence-electron chi connectivity index (χ1n) is 11.6. The number of thioether (sulfide) groups is 2. The monoisotopic (exact) mass is 567 g/mol. The van der Waals surface area contributed by atoms with Crippen molar-refractivity contribution in [1.29, 1.82) is 0 Å². The van der Waals surface area contributed by atoms with E-state index in [2.05, 4.69) is 25.8 Å². The van der Waals surface area contributed by atoms with Crippen molar-refractivity contribution in [3.8, 4) is 0 Å². The van der Waals surface area contributed by atoms with Crippen LogP contribution in [0.5, 0.6) is 0 Å². The number of carboxylic acids is 1. The smallest absolute Gasteiger partial charge is 0.352 e. The number of aromatic nitrogens is 5. The van der Waals surface area contributed by atoms with Crippen molar-refractivity contribution in [3.63, 3.8) is 0 Å². The van der Waals surface area contributed by atoms with E-state index in [-0.39, 0.29) is 17.0 Å². The van der Waals surface area contributed by atoms with Gasteiger partial charge >= 0.3 is 11.9 Å². The third-order valence-electron chi connectivity index (χ3n) is 5.97. The highest BCUT2D eigenvalue weighted by Crippen LogP contribution is 2.41. The maximum Gasteiger partial charge on any atom is 0.352 e. The molecule has 2 N–H and O–H groups in total. The number of aryl methyl sites for hydroxylation is 1. The molecule has 0 aliphatic carbocycles. The summed E-state index contributed by atoms with van der Waals surface area (Å²) in [7, 11) is 1.67. The first-order valence-corrected chi connectivity index (χ1v) is 13.6. The lowest BCUT2D eigenvalue weighted by molar-refractivity contribution is -0.151. The number of ether oxygens (including phenoxy) is 1. The van der Waals surface area contributed by atoms with Gasteiger partial charge in [0.2, 0.25) is 11.3 Å². The third-order valence-corrected chi connectivity index (χ3v) is 8.40. The second kappa shape index (κ2) is 11.2. The Kier molecular flexibility index (Phi) is 7.60. The van der Waals surface area contributed by atoms with Gasteiger partial charge in [-0.25, -0.2) is 14.3 Å². The van der Waals surface area contributed by atoms with Crippen LogP contribution < -0.4 is 5.32 Å². The van der Waals surface area contributed by atoms with Crippen LogP contribution >= 0.6 is 23.5 Å². The highest BCUT2D eigenvalue weighted by molar-refractivity contribution is 8.01. The largest absolute Gasteiger partial charge is 0.477 e. The highest BCUT2D eigenvalue weighted by Gasteiger charge is 2.54. The van der Waals surface area contributed by atoms with Gasteiger partial charge in [0, 0.05) is 36.5 Å². The molecule has 0 saturated carbocycles. The maximum atomic E-state index is 13.3. The molecule has 1 saturated heterocycles. The zero-order valence-electron chi connectivity index (χ0n) is 20.3. The summed E-state index contributed by atoms with van der Waals surface area (Å²) in [5, 5.41) is 23.6. The lowest BCUT2D eigenvalue weighted by atomic mass is 10.0. The van der Waals surface area contributed by atoms with Crippen LogP contribution in [-0.2, 0) is 26.2 Å². The van der Waals surface area contributed by atoms with E-state index in [1.54, 1.807) is 43.4 Å². The van der Waals surface area contributed by atoms with Crippen LogP contribution in [0.1, 0.15) is 22.0 Å². The predicted octanol–water partition coefficient (Wildman–Crippen LogP) is 1.03. The summed E-state index contributed by atoms with van der Waals surface area (Å²) in [6.45, 7) is 0. The fourth-order valence-corrected chi connectivity index (χ4v) is 6.41. The number of esters is 1. The van der Waals surface area contributed by atoms with E-state index >= 15 is 0 Å². The summed E-state index contributed by atoms with van der Waals surface area (Å²) in [6, 6.07) is 10.5. The van der Waals surface area contributed by atoms with E-state index in [4.69, 9.17) is 4.74 Å². The number of pyridine rings is 1. The van der Waals surface area contributed by atoms with Crippen molar-refractivity contribution < 1.29 is 29.0 Å². The number of nitrogens with zero attached hydrogens (tertiary/aromatic N) is 6. The fourth-order valence-electron chi connectivity index (χ4n) is 4.08. The van der Waals surface area contributed by atoms with E-state index < -0.39 is 41.3 Å². The Morgan fingerprint density at radius 2 is 2.03 bits per heavy atom. The number of β-lactam (4-membered cyclic amide) rings is 1. The number of tetrazole rings is 1. The number of aliphatic carboxylic acids is 1. The SMILES string of the molecule is Cn1nnnc1SCC1=C(C(=O)O)N2C(=O)C(NC(=O)C(OC(=O)c3cccnc3)c3ccccc3)[C@H]2SC1. The minimum atomic E-state index is -1.34. The molecule has 13 nitrogen and oxygen atoms in total. The number of amides is 2. The number of hydrogen-bond donors (Lipinski definition) is 2. The molecular formula is C24H21N7O6S2. The van der Waals surface area contributed by atoms with Gasteiger partial charge in [0.25, 0.3) is 11.8 Å². The average molecular weight is 568 g/mol. The Bertz CT molecular complexity index is 1450. The van der Waals surface area contributed by atoms with E-state index in [0.29, 0.717) is 22.0 Å². The molecule has 1 aromatic carbocycles. The zero-order valence-corrected chi connectivity index (χ0v) is 22.0. The fraction of sp³-hybridized carbons (Fsp3) is 0.250. The molecule has 0 bridgehead atoms. The molecule has 3 atom stereocenters. The van der Waals surface area contributed by atoms with Crippen LogP contribution in [0.4, 0.5) is 0 Å². The van der Waals surface area contributed by atoms with Crippen molar-refractivity contribution in [3.05, 3.63) is 77.3 Å². The molecule has 0 spiro atoms. The van der Waals surface area contributed by atoms with E-state index in [1.165, 1.54) is 51.6 Å². The van der Waals surface area contributed by atoms with Gasteiger partial charge in [-0.3, -0.25) is 19.5 Å². The number of hydrogen-bond acceptors (Lipinski definition) is 11. The molecule has 2 aliphatic heterocycles. The second-order valence-electron chi connectivity index (χ2n) is 8.46. The summed E-state index contributed by atoms with van der Waals surface area (Å²) in [5.74, 6) is -2.65. The van der Waals surface area contributed by atoms with Crippen LogP contribution in [0.15, 0.2) is 71.3 Å². The van der Waals surface area contributed by atoms with Crippen LogP contribution in [-0.4, -0.2) is 81.9 Å². The molecule has 2 aliphatic rings. The number of benzene rings is 1. The quantitative estimate of drug-likeness (QED) is 0.214. The summed E-state index contributed by atoms with van der Waals surface area (Å²) in [5.41, 5.74) is 1.01. The number of carbonyl (C=O) groups excluding carboxylic acids is 3. The minimum absolute atomic E-state index is 0.112. The van der Waals surface area contributed by atoms with E-state index in [1.807, 2.05) is 0 Å². The average Bonchev–Trinajstić information content (AvgIpc) is 3.37. The van der Waals surface area contributed by atoms with Gasteiger partial charge in [-0.1, -0.05) is 42.1 Å². The lowest BCUT2D eigenvalue weighted by Crippen LogP contribution is -2.71. The number of rotatable bonds is 9. The van der Waals surface area contributed by atoms with Crippen LogP contribution in [0, 0.1) is 0 Å². The van der Waals surface area contributed by atoms with Gasteiger partial charge in [-0.05, 0) is 28.1 Å². The third kappa shape index (κ3) is 5.35. The molecule has 5 rings (SSSR count). The predicted molar refractivity (Wildman–Crippen MR) is 138 cm³/mol. The number of fused-ring (bicyclic) bond motifs is 1. The molecule has 3 aromatic rings. The second-order valence-corrected chi connectivity index (χ2v) is 10.5. The molecule has 0 radical (unpaired) electrons. The van der Waals surface area contributed by atoms with Crippen molar-refractivity contribution in [2.75, 3.05) is 11.5 Å². The van der Waals surface area contributed by atoms with Crippen LogP contribution in [0.2, 0.25) is 0 Å². The van der Waals surface area contributed by atoms with Crippen molar-refractivity contribution in [2.45, 2.75) is 22.7 Å². The molecule has 15 heteroatoms. The van der Waals surface area contributed by atoms with Gasteiger partial charge in [0.15, 0.2) is 0 Å². The molecule has 2 aromatic heterocycles. The Balaban J connectivity index is 1.32. The molecular weight excluding hydrogens is 546 g/mol. The lowest BCUT2D eigenvalue weighted by Gasteiger charge is -2.49. The molecule has 200 valence electrons. The summed E-state index contributed by atoms with van der Waals surface area (Å²) in [4.78, 5) is 56.4. The van der Waals surface area contributed by atoms with Crippen molar-refractivity contribution in [2.24, 2.45) is 7.05 Å². The summed E-state index contributed by atoms with van der Waals surface area (Å²) >= 11 is 2.60. The first-order chi connectivity index (χ1) is 18.8. The molecule has 1 fully saturated rings. The summed E-state index contributed by atoms with van der Waals surface area (Å²) < 4.78 is 7.00. The Hall–Kier alpha value is -4.24. The normalized spacial score (nSPS) is 19.1. The van der Waals surface area contributed by atoms with E-state index in [0.717, 1.165) is 0 Å². The van der Waals surface area contributed by atoms with Gasteiger partial charge in [-0.2, -0.15) is 0 Å². The summed E-state index contributed by atoms with van der Waals surface area (Å²) in [6.07, 6.45) is 1.49. The van der Waals surface area contributed by atoms with Gasteiger partial charge in [-0.15, -0.1) is 16.9 Å². The molecule has 2 amide bonds. The van der Waals surface area contributed by atoms with Gasteiger partial charge in [0.1, 0.15) is 17.1 Å². The standard InChI is InChI=1S/C24H21N7O6S2/c1-30-24(27-28-29-30)39-12-15-11-38-21-16(20(33)31(21)17(15)22(34)35)26-19(32)18(13-6-3-2-4-7-13)37-23(36)14-8-5-9-25-10-14/h2-10,16,18,21H,11-12H2,1H3,(H,26,32)(H,34,35)/t16?,18?,21-/m1/s1. The van der Waals surface area contributed by atoms with Crippen LogP contribution in [0.25, 0.3) is 0 Å². The number of nitrogens with one attached hydrogen (secondary N) is 1. The van der Waals surface area contributed by atoms with Crippen molar-refractivity contribution in [1.82, 2.24) is 35.4 Å². The zero-order chi connectivity index (χ0) is 27.5. The van der Waals surface area contributed by atoms with Crippen LogP contribution in [0.3, 0.4) is 0 Å². The van der Waals surface area contributed by atoms with Gasteiger partial charge < -0.3 is 15.2 Å². The maximum absolute atomic E-state index is 13.3. The van der Waals surface area contributed by atoms with Gasteiger partial charge in [0.05, 0.1) is 5.56 Å². The van der Waals surface area contributed by atoms with E-state index in [9.17, 15) is 24.3 Å². The Labute approximate surface area is 230 Å². The Morgan fingerprint density at radius 1 is 1.23 bits per heavy atom. The highest BCUT2D eigenvalue weighted by atomic mass is 32.2. The Morgan fingerprint density at radius 3 is 2.69 bits per heavy atom. The molecule has 4 heterocycles. The molecule has 2 unspecified atom stereocenters. The minimum Gasteiger partial charge on any atom is -0.477 e. The number of carbonyl (C=O) groups is 4. The first kappa shape index (κ1) is 26.4.